The zero-order valence-corrected chi connectivity index (χ0v) is 16.3. The van der Waals surface area contributed by atoms with Crippen molar-refractivity contribution in [2.45, 2.75) is 46.7 Å². The monoisotopic (exact) mass is 352 g/mol. The minimum Gasteiger partial charge on any atom is -0.357 e. The van der Waals surface area contributed by atoms with E-state index in [1.54, 1.807) is 18.9 Å². The summed E-state index contributed by atoms with van der Waals surface area (Å²) in [4.78, 5) is 26.8. The molecule has 0 spiro atoms. The zero-order chi connectivity index (χ0) is 19.3. The minimum atomic E-state index is -0.528. The number of carbonyl (C=O) groups is 2. The maximum atomic E-state index is 13.0. The Balaban J connectivity index is 2.25. The predicted molar refractivity (Wildman–Crippen MR) is 105 cm³/mol. The molecule has 0 saturated carbocycles. The van der Waals surface area contributed by atoms with E-state index in [0.717, 1.165) is 16.7 Å². The Labute approximate surface area is 156 Å². The molecule has 4 nitrogen and oxygen atoms in total. The number of rotatable bonds is 6. The summed E-state index contributed by atoms with van der Waals surface area (Å²) >= 11 is 0. The van der Waals surface area contributed by atoms with Gasteiger partial charge in [0.25, 0.3) is 0 Å². The van der Waals surface area contributed by atoms with E-state index < -0.39 is 6.04 Å². The molecule has 2 aromatic carbocycles. The summed E-state index contributed by atoms with van der Waals surface area (Å²) in [5.41, 5.74) is 5.50. The highest BCUT2D eigenvalue weighted by molar-refractivity contribution is 5.88. The average Bonchev–Trinajstić information content (AvgIpc) is 2.61. The molecule has 26 heavy (non-hydrogen) atoms. The number of nitrogens with zero attached hydrogens (tertiary/aromatic N) is 1. The van der Waals surface area contributed by atoms with Gasteiger partial charge in [0.1, 0.15) is 6.04 Å². The van der Waals surface area contributed by atoms with Crippen LogP contribution in [0.15, 0.2) is 42.5 Å². The molecule has 0 bridgehead atoms. The van der Waals surface area contributed by atoms with Gasteiger partial charge in [0, 0.05) is 13.6 Å². The fourth-order valence-corrected chi connectivity index (χ4v) is 2.99. The van der Waals surface area contributed by atoms with Crippen LogP contribution in [-0.2, 0) is 22.6 Å². The zero-order valence-electron chi connectivity index (χ0n) is 16.3. The molecular weight excluding hydrogens is 324 g/mol. The Kier molecular flexibility index (Phi) is 6.56. The highest BCUT2D eigenvalue weighted by Gasteiger charge is 2.25. The Hall–Kier alpha value is -2.62. The van der Waals surface area contributed by atoms with E-state index in [1.165, 1.54) is 11.1 Å². The van der Waals surface area contributed by atoms with Crippen LogP contribution in [0.5, 0.6) is 0 Å². The van der Waals surface area contributed by atoms with Gasteiger partial charge in [-0.05, 0) is 49.9 Å². The highest BCUT2D eigenvalue weighted by Crippen LogP contribution is 2.15. The molecule has 1 atom stereocenters. The van der Waals surface area contributed by atoms with Gasteiger partial charge in [0.05, 0.1) is 6.42 Å². The molecule has 138 valence electrons. The van der Waals surface area contributed by atoms with E-state index in [-0.39, 0.29) is 18.2 Å². The van der Waals surface area contributed by atoms with Gasteiger partial charge in [0.15, 0.2) is 0 Å². The van der Waals surface area contributed by atoms with Crippen molar-refractivity contribution in [1.29, 1.82) is 0 Å². The highest BCUT2D eigenvalue weighted by atomic mass is 16.2. The van der Waals surface area contributed by atoms with Crippen LogP contribution >= 0.6 is 0 Å². The number of nitrogens with one attached hydrogen (secondary N) is 1. The largest absolute Gasteiger partial charge is 0.357 e. The molecular formula is C22H28N2O2. The molecule has 0 fully saturated rings. The third kappa shape index (κ3) is 4.94. The molecule has 4 heteroatoms. The Morgan fingerprint density at radius 3 is 2.35 bits per heavy atom. The first kappa shape index (κ1) is 19.7. The van der Waals surface area contributed by atoms with Crippen LogP contribution in [0.4, 0.5) is 0 Å². The molecule has 2 amide bonds. The topological polar surface area (TPSA) is 49.4 Å². The molecule has 1 N–H and O–H groups in total. The SMILES string of the molecule is CNC(=O)[C@H](C)N(Cc1cccc(C)c1)C(=O)Cc1ccc(C)c(C)c1. The minimum absolute atomic E-state index is 0.0501. The summed E-state index contributed by atoms with van der Waals surface area (Å²) < 4.78 is 0. The van der Waals surface area contributed by atoms with E-state index in [4.69, 9.17) is 0 Å². The summed E-state index contributed by atoms with van der Waals surface area (Å²) in [5.74, 6) is -0.211. The number of likely N-dealkylation sites (N-methyl/N-ethyl adjacent to an activating group) is 1. The van der Waals surface area contributed by atoms with Gasteiger partial charge < -0.3 is 10.2 Å². The summed E-state index contributed by atoms with van der Waals surface area (Å²) in [6.07, 6.45) is 0.286. The number of benzene rings is 2. The number of hydrogen-bond donors (Lipinski definition) is 1. The molecule has 0 aromatic heterocycles. The van der Waals surface area contributed by atoms with E-state index in [1.807, 2.05) is 56.3 Å². The standard InChI is InChI=1S/C22H28N2O2/c1-15-7-6-8-20(11-15)14-24(18(4)22(26)23-5)21(25)13-19-10-9-16(2)17(3)12-19/h6-12,18H,13-14H2,1-5H3,(H,23,26)/t18-/m0/s1. The first-order valence-electron chi connectivity index (χ1n) is 8.94. The third-order valence-corrected chi connectivity index (χ3v) is 4.78. The van der Waals surface area contributed by atoms with Crippen molar-refractivity contribution in [1.82, 2.24) is 10.2 Å². The van der Waals surface area contributed by atoms with Crippen molar-refractivity contribution >= 4 is 11.8 Å². The number of carbonyl (C=O) groups excluding carboxylic acids is 2. The second-order valence-electron chi connectivity index (χ2n) is 6.90. The van der Waals surface area contributed by atoms with Gasteiger partial charge in [-0.3, -0.25) is 9.59 Å². The van der Waals surface area contributed by atoms with E-state index in [0.29, 0.717) is 6.54 Å². The Morgan fingerprint density at radius 2 is 1.73 bits per heavy atom. The molecule has 0 radical (unpaired) electrons. The van der Waals surface area contributed by atoms with Crippen LogP contribution < -0.4 is 5.32 Å². The molecule has 0 heterocycles. The molecule has 0 saturated heterocycles. The van der Waals surface area contributed by atoms with E-state index in [2.05, 4.69) is 12.2 Å². The third-order valence-electron chi connectivity index (χ3n) is 4.78. The fourth-order valence-electron chi connectivity index (χ4n) is 2.99. The second kappa shape index (κ2) is 8.65. The van der Waals surface area contributed by atoms with Crippen molar-refractivity contribution < 1.29 is 9.59 Å². The van der Waals surface area contributed by atoms with Crippen LogP contribution in [0.25, 0.3) is 0 Å². The summed E-state index contributed by atoms with van der Waals surface area (Å²) in [6, 6.07) is 13.6. The van der Waals surface area contributed by atoms with Crippen molar-refractivity contribution in [2.75, 3.05) is 7.05 Å². The first-order valence-corrected chi connectivity index (χ1v) is 8.94. The predicted octanol–water partition coefficient (Wildman–Crippen LogP) is 3.32. The Morgan fingerprint density at radius 1 is 1.00 bits per heavy atom. The van der Waals surface area contributed by atoms with Crippen molar-refractivity contribution in [2.24, 2.45) is 0 Å². The second-order valence-corrected chi connectivity index (χ2v) is 6.90. The molecule has 2 rings (SSSR count). The van der Waals surface area contributed by atoms with Gasteiger partial charge in [-0.1, -0.05) is 48.0 Å². The van der Waals surface area contributed by atoms with Crippen molar-refractivity contribution in [3.63, 3.8) is 0 Å². The van der Waals surface area contributed by atoms with Gasteiger partial charge in [-0.25, -0.2) is 0 Å². The molecule has 0 aliphatic carbocycles. The summed E-state index contributed by atoms with van der Waals surface area (Å²) in [7, 11) is 1.59. The van der Waals surface area contributed by atoms with Gasteiger partial charge in [-0.15, -0.1) is 0 Å². The lowest BCUT2D eigenvalue weighted by Crippen LogP contribution is -2.47. The van der Waals surface area contributed by atoms with Crippen LogP contribution in [0.2, 0.25) is 0 Å². The lowest BCUT2D eigenvalue weighted by atomic mass is 10.0. The average molecular weight is 352 g/mol. The normalized spacial score (nSPS) is 11.7. The van der Waals surface area contributed by atoms with E-state index in [9.17, 15) is 9.59 Å². The van der Waals surface area contributed by atoms with Crippen LogP contribution in [0.3, 0.4) is 0 Å². The molecule has 0 unspecified atom stereocenters. The lowest BCUT2D eigenvalue weighted by Gasteiger charge is -2.28. The maximum Gasteiger partial charge on any atom is 0.242 e. The van der Waals surface area contributed by atoms with Crippen molar-refractivity contribution in [3.05, 3.63) is 70.3 Å². The quantitative estimate of drug-likeness (QED) is 0.867. The first-order chi connectivity index (χ1) is 12.3. The maximum absolute atomic E-state index is 13.0. The molecule has 2 aromatic rings. The van der Waals surface area contributed by atoms with Crippen LogP contribution in [0, 0.1) is 20.8 Å². The summed E-state index contributed by atoms with van der Waals surface area (Å²) in [5, 5.41) is 2.64. The van der Waals surface area contributed by atoms with Gasteiger partial charge >= 0.3 is 0 Å². The fraction of sp³-hybridized carbons (Fsp3) is 0.364. The number of amides is 2. The molecule has 0 aliphatic rings. The van der Waals surface area contributed by atoms with Crippen molar-refractivity contribution in [3.8, 4) is 0 Å². The number of hydrogen-bond acceptors (Lipinski definition) is 2. The van der Waals surface area contributed by atoms with E-state index >= 15 is 0 Å². The smallest absolute Gasteiger partial charge is 0.242 e. The summed E-state index contributed by atoms with van der Waals surface area (Å²) in [6.45, 7) is 8.30. The van der Waals surface area contributed by atoms with Gasteiger partial charge in [0.2, 0.25) is 11.8 Å². The number of aryl methyl sites for hydroxylation is 3. The van der Waals surface area contributed by atoms with Crippen LogP contribution in [-0.4, -0.2) is 29.8 Å². The lowest BCUT2D eigenvalue weighted by molar-refractivity contribution is -0.139. The van der Waals surface area contributed by atoms with Gasteiger partial charge in [-0.2, -0.15) is 0 Å². The van der Waals surface area contributed by atoms with Crippen LogP contribution in [0.1, 0.15) is 34.7 Å². The Bertz CT molecular complexity index is 798. The molecule has 0 aliphatic heterocycles.